The van der Waals surface area contributed by atoms with Crippen LogP contribution in [0.1, 0.15) is 0 Å². The normalized spacial score (nSPS) is 9.93. The second-order valence-electron chi connectivity index (χ2n) is 3.15. The highest BCUT2D eigenvalue weighted by molar-refractivity contribution is 5.63. The fourth-order valence-electron chi connectivity index (χ4n) is 1.40. The Labute approximate surface area is 88.5 Å². The van der Waals surface area contributed by atoms with Crippen molar-refractivity contribution in [1.82, 2.24) is 4.98 Å². The standard InChI is InChI=1S/C12H12N2O/c1-15-11-8-7-10(14-12(11)13)9-5-3-2-4-6-9/h2-8H,1H3,(H2,13,14). The largest absolute Gasteiger partial charge is 0.493 e. The summed E-state index contributed by atoms with van der Waals surface area (Å²) >= 11 is 0. The molecule has 0 atom stereocenters. The van der Waals surface area contributed by atoms with Gasteiger partial charge in [-0.25, -0.2) is 4.98 Å². The van der Waals surface area contributed by atoms with Crippen LogP contribution in [0.15, 0.2) is 42.5 Å². The zero-order chi connectivity index (χ0) is 10.7. The number of ether oxygens (including phenoxy) is 1. The molecule has 0 saturated heterocycles. The Morgan fingerprint density at radius 3 is 2.40 bits per heavy atom. The van der Waals surface area contributed by atoms with E-state index in [0.29, 0.717) is 11.6 Å². The van der Waals surface area contributed by atoms with Gasteiger partial charge in [0, 0.05) is 5.56 Å². The molecule has 3 heteroatoms. The second-order valence-corrected chi connectivity index (χ2v) is 3.15. The van der Waals surface area contributed by atoms with E-state index in [1.54, 1.807) is 7.11 Å². The summed E-state index contributed by atoms with van der Waals surface area (Å²) < 4.78 is 5.05. The van der Waals surface area contributed by atoms with E-state index in [2.05, 4.69) is 4.98 Å². The average molecular weight is 200 g/mol. The summed E-state index contributed by atoms with van der Waals surface area (Å²) in [5.74, 6) is 1.02. The molecule has 1 aromatic carbocycles. The van der Waals surface area contributed by atoms with Crippen molar-refractivity contribution >= 4 is 5.82 Å². The Morgan fingerprint density at radius 2 is 1.80 bits per heavy atom. The summed E-state index contributed by atoms with van der Waals surface area (Å²) in [4.78, 5) is 4.27. The van der Waals surface area contributed by atoms with Crippen molar-refractivity contribution in [1.29, 1.82) is 0 Å². The van der Waals surface area contributed by atoms with Crippen molar-refractivity contribution in [3.05, 3.63) is 42.5 Å². The van der Waals surface area contributed by atoms with Crippen LogP contribution in [0.5, 0.6) is 5.75 Å². The van der Waals surface area contributed by atoms with Crippen LogP contribution < -0.4 is 10.5 Å². The third-order valence-electron chi connectivity index (χ3n) is 2.18. The van der Waals surface area contributed by atoms with Gasteiger partial charge in [-0.05, 0) is 12.1 Å². The van der Waals surface area contributed by atoms with Gasteiger partial charge in [-0.2, -0.15) is 0 Å². The van der Waals surface area contributed by atoms with Gasteiger partial charge in [0.25, 0.3) is 0 Å². The predicted octanol–water partition coefficient (Wildman–Crippen LogP) is 2.34. The number of nitrogens with two attached hydrogens (primary N) is 1. The number of hydrogen-bond acceptors (Lipinski definition) is 3. The molecule has 2 rings (SSSR count). The summed E-state index contributed by atoms with van der Waals surface area (Å²) in [6.07, 6.45) is 0. The molecule has 3 nitrogen and oxygen atoms in total. The van der Waals surface area contributed by atoms with Crippen molar-refractivity contribution in [3.8, 4) is 17.0 Å². The maximum atomic E-state index is 5.73. The van der Waals surface area contributed by atoms with Crippen molar-refractivity contribution in [2.75, 3.05) is 12.8 Å². The molecule has 0 fully saturated rings. The van der Waals surface area contributed by atoms with Crippen LogP contribution in [-0.4, -0.2) is 12.1 Å². The lowest BCUT2D eigenvalue weighted by atomic mass is 10.1. The van der Waals surface area contributed by atoms with E-state index in [1.165, 1.54) is 0 Å². The third kappa shape index (κ3) is 1.91. The van der Waals surface area contributed by atoms with Gasteiger partial charge in [-0.1, -0.05) is 30.3 Å². The maximum Gasteiger partial charge on any atom is 0.166 e. The highest BCUT2D eigenvalue weighted by Crippen LogP contribution is 2.24. The number of pyridine rings is 1. The van der Waals surface area contributed by atoms with Gasteiger partial charge in [0.05, 0.1) is 12.8 Å². The second kappa shape index (κ2) is 4.00. The summed E-state index contributed by atoms with van der Waals surface area (Å²) in [6.45, 7) is 0. The number of aromatic nitrogens is 1. The molecule has 0 amide bonds. The summed E-state index contributed by atoms with van der Waals surface area (Å²) in [5.41, 5.74) is 7.64. The molecule has 0 unspecified atom stereocenters. The molecule has 0 aliphatic rings. The van der Waals surface area contributed by atoms with E-state index in [9.17, 15) is 0 Å². The Morgan fingerprint density at radius 1 is 1.07 bits per heavy atom. The van der Waals surface area contributed by atoms with E-state index >= 15 is 0 Å². The fourth-order valence-corrected chi connectivity index (χ4v) is 1.40. The maximum absolute atomic E-state index is 5.73. The molecule has 0 radical (unpaired) electrons. The Hall–Kier alpha value is -2.03. The molecule has 0 spiro atoms. The monoisotopic (exact) mass is 200 g/mol. The first kappa shape index (κ1) is 9.52. The summed E-state index contributed by atoms with van der Waals surface area (Å²) in [5, 5.41) is 0. The smallest absolute Gasteiger partial charge is 0.166 e. The Kier molecular flexibility index (Phi) is 2.54. The van der Waals surface area contributed by atoms with Gasteiger partial charge in [-0.3, -0.25) is 0 Å². The van der Waals surface area contributed by atoms with Gasteiger partial charge in [0.1, 0.15) is 0 Å². The molecular formula is C12H12N2O. The first-order chi connectivity index (χ1) is 7.31. The Bertz CT molecular complexity index is 454. The number of methoxy groups -OCH3 is 1. The molecule has 0 aliphatic heterocycles. The van der Waals surface area contributed by atoms with Crippen molar-refractivity contribution in [2.45, 2.75) is 0 Å². The van der Waals surface area contributed by atoms with Crippen LogP contribution in [0.25, 0.3) is 11.3 Å². The zero-order valence-electron chi connectivity index (χ0n) is 8.47. The van der Waals surface area contributed by atoms with Gasteiger partial charge in [-0.15, -0.1) is 0 Å². The highest BCUT2D eigenvalue weighted by atomic mass is 16.5. The van der Waals surface area contributed by atoms with Gasteiger partial charge in [0.2, 0.25) is 0 Å². The van der Waals surface area contributed by atoms with Crippen LogP contribution in [0.3, 0.4) is 0 Å². The average Bonchev–Trinajstić information content (AvgIpc) is 2.30. The van der Waals surface area contributed by atoms with Crippen LogP contribution in [0.2, 0.25) is 0 Å². The lowest BCUT2D eigenvalue weighted by molar-refractivity contribution is 0.415. The van der Waals surface area contributed by atoms with Crippen LogP contribution >= 0.6 is 0 Å². The SMILES string of the molecule is COc1ccc(-c2ccccc2)nc1N. The minimum absolute atomic E-state index is 0.416. The minimum atomic E-state index is 0.416. The third-order valence-corrected chi connectivity index (χ3v) is 2.18. The number of hydrogen-bond donors (Lipinski definition) is 1. The molecule has 76 valence electrons. The summed E-state index contributed by atoms with van der Waals surface area (Å²) in [7, 11) is 1.58. The predicted molar refractivity (Wildman–Crippen MR) is 60.6 cm³/mol. The first-order valence-corrected chi connectivity index (χ1v) is 4.67. The van der Waals surface area contributed by atoms with Gasteiger partial charge >= 0.3 is 0 Å². The zero-order valence-corrected chi connectivity index (χ0v) is 8.47. The molecule has 0 aliphatic carbocycles. The quantitative estimate of drug-likeness (QED) is 0.809. The molecule has 15 heavy (non-hydrogen) atoms. The lowest BCUT2D eigenvalue weighted by Crippen LogP contribution is -1.96. The Balaban J connectivity index is 2.43. The van der Waals surface area contributed by atoms with Crippen molar-refractivity contribution in [3.63, 3.8) is 0 Å². The number of rotatable bonds is 2. The topological polar surface area (TPSA) is 48.1 Å². The van der Waals surface area contributed by atoms with Gasteiger partial charge < -0.3 is 10.5 Å². The van der Waals surface area contributed by atoms with Crippen molar-refractivity contribution in [2.24, 2.45) is 0 Å². The fraction of sp³-hybridized carbons (Fsp3) is 0.0833. The summed E-state index contributed by atoms with van der Waals surface area (Å²) in [6, 6.07) is 13.6. The number of nitrogens with zero attached hydrogens (tertiary/aromatic N) is 1. The molecule has 2 N–H and O–H groups in total. The molecule has 0 saturated carbocycles. The van der Waals surface area contributed by atoms with Crippen LogP contribution in [0.4, 0.5) is 5.82 Å². The molecule has 0 bridgehead atoms. The minimum Gasteiger partial charge on any atom is -0.493 e. The molecule has 2 aromatic rings. The van der Waals surface area contributed by atoms with E-state index in [4.69, 9.17) is 10.5 Å². The molecule has 1 aromatic heterocycles. The lowest BCUT2D eigenvalue weighted by Gasteiger charge is -2.05. The number of nitrogen functional groups attached to an aromatic ring is 1. The van der Waals surface area contributed by atoms with E-state index in [1.807, 2.05) is 42.5 Å². The van der Waals surface area contributed by atoms with E-state index in [0.717, 1.165) is 11.3 Å². The van der Waals surface area contributed by atoms with Crippen LogP contribution in [-0.2, 0) is 0 Å². The van der Waals surface area contributed by atoms with Gasteiger partial charge in [0.15, 0.2) is 11.6 Å². The first-order valence-electron chi connectivity index (χ1n) is 4.67. The van der Waals surface area contributed by atoms with E-state index < -0.39 is 0 Å². The molecule has 1 heterocycles. The van der Waals surface area contributed by atoms with Crippen LogP contribution in [0, 0.1) is 0 Å². The van der Waals surface area contributed by atoms with Crippen molar-refractivity contribution < 1.29 is 4.74 Å². The van der Waals surface area contributed by atoms with E-state index in [-0.39, 0.29) is 0 Å². The number of benzene rings is 1. The molecular weight excluding hydrogens is 188 g/mol. The highest BCUT2D eigenvalue weighted by Gasteiger charge is 2.03. The number of anilines is 1.